The molecular weight excluding hydrogens is 304 g/mol. The molecule has 2 rings (SSSR count). The molecule has 19 heavy (non-hydrogen) atoms. The van der Waals surface area contributed by atoms with Crippen LogP contribution in [0, 0.1) is 12.8 Å². The van der Waals surface area contributed by atoms with Gasteiger partial charge in [0.1, 0.15) is 0 Å². The number of hydrogen-bond donors (Lipinski definition) is 1. The Morgan fingerprint density at radius 1 is 1.53 bits per heavy atom. The van der Waals surface area contributed by atoms with Crippen molar-refractivity contribution in [1.82, 2.24) is 4.90 Å². The van der Waals surface area contributed by atoms with E-state index in [2.05, 4.69) is 15.9 Å². The SMILES string of the molecule is Cc1c(Br)cccc1C(=O)N1CCC[C@H]([C@H](C)N)C1. The first-order chi connectivity index (χ1) is 9.00. The predicted molar refractivity (Wildman–Crippen MR) is 81.2 cm³/mol. The van der Waals surface area contributed by atoms with Crippen molar-refractivity contribution in [2.45, 2.75) is 32.7 Å². The predicted octanol–water partition coefficient (Wildman–Crippen LogP) is 2.96. The summed E-state index contributed by atoms with van der Waals surface area (Å²) in [6.07, 6.45) is 2.17. The average Bonchev–Trinajstić information content (AvgIpc) is 2.41. The van der Waals surface area contributed by atoms with Gasteiger partial charge in [-0.25, -0.2) is 0 Å². The second kappa shape index (κ2) is 6.06. The second-order valence-electron chi connectivity index (χ2n) is 5.42. The van der Waals surface area contributed by atoms with Crippen LogP contribution >= 0.6 is 15.9 Å². The Morgan fingerprint density at radius 2 is 2.26 bits per heavy atom. The minimum Gasteiger partial charge on any atom is -0.338 e. The van der Waals surface area contributed by atoms with Gasteiger partial charge in [0.25, 0.3) is 5.91 Å². The number of hydrogen-bond acceptors (Lipinski definition) is 2. The van der Waals surface area contributed by atoms with Crippen LogP contribution in [0.3, 0.4) is 0 Å². The Labute approximate surface area is 123 Å². The number of likely N-dealkylation sites (tertiary alicyclic amines) is 1. The first-order valence-electron chi connectivity index (χ1n) is 6.80. The Balaban J connectivity index is 2.17. The van der Waals surface area contributed by atoms with Crippen molar-refractivity contribution in [3.8, 4) is 0 Å². The molecule has 0 radical (unpaired) electrons. The summed E-state index contributed by atoms with van der Waals surface area (Å²) in [6.45, 7) is 5.63. The lowest BCUT2D eigenvalue weighted by atomic mass is 9.91. The fraction of sp³-hybridized carbons (Fsp3) is 0.533. The molecule has 3 nitrogen and oxygen atoms in total. The maximum Gasteiger partial charge on any atom is 0.254 e. The van der Waals surface area contributed by atoms with Gasteiger partial charge in [0, 0.05) is 29.2 Å². The zero-order chi connectivity index (χ0) is 14.0. The van der Waals surface area contributed by atoms with E-state index in [-0.39, 0.29) is 11.9 Å². The van der Waals surface area contributed by atoms with E-state index < -0.39 is 0 Å². The summed E-state index contributed by atoms with van der Waals surface area (Å²) in [5.74, 6) is 0.550. The van der Waals surface area contributed by atoms with Gasteiger partial charge in [-0.1, -0.05) is 22.0 Å². The summed E-state index contributed by atoms with van der Waals surface area (Å²) in [4.78, 5) is 14.6. The zero-order valence-corrected chi connectivity index (χ0v) is 13.1. The standard InChI is InChI=1S/C15H21BrN2O/c1-10-13(6-3-7-14(10)16)15(19)18-8-4-5-12(9-18)11(2)17/h3,6-7,11-12H,4-5,8-9,17H2,1-2H3/t11-,12-/m0/s1. The van der Waals surface area contributed by atoms with E-state index in [1.807, 2.05) is 36.9 Å². The number of nitrogens with two attached hydrogens (primary N) is 1. The molecule has 1 saturated heterocycles. The second-order valence-corrected chi connectivity index (χ2v) is 6.28. The summed E-state index contributed by atoms with van der Waals surface area (Å²) < 4.78 is 0.985. The smallest absolute Gasteiger partial charge is 0.254 e. The number of carbonyl (C=O) groups excluding carboxylic acids is 1. The minimum absolute atomic E-state index is 0.129. The molecule has 0 spiro atoms. The number of nitrogens with zero attached hydrogens (tertiary/aromatic N) is 1. The number of carbonyl (C=O) groups is 1. The third-order valence-electron chi connectivity index (χ3n) is 3.99. The van der Waals surface area contributed by atoms with Gasteiger partial charge in [-0.05, 0) is 50.3 Å². The van der Waals surface area contributed by atoms with E-state index in [0.717, 1.165) is 41.5 Å². The van der Waals surface area contributed by atoms with E-state index in [9.17, 15) is 4.79 Å². The topological polar surface area (TPSA) is 46.3 Å². The highest BCUT2D eigenvalue weighted by Crippen LogP contribution is 2.24. The van der Waals surface area contributed by atoms with Crippen molar-refractivity contribution in [2.24, 2.45) is 11.7 Å². The highest BCUT2D eigenvalue weighted by Gasteiger charge is 2.27. The Hall–Kier alpha value is -0.870. The lowest BCUT2D eigenvalue weighted by Crippen LogP contribution is -2.45. The molecule has 1 fully saturated rings. The van der Waals surface area contributed by atoms with Crippen LogP contribution in [0.5, 0.6) is 0 Å². The normalized spacial score (nSPS) is 21.3. The number of halogens is 1. The van der Waals surface area contributed by atoms with Crippen molar-refractivity contribution in [2.75, 3.05) is 13.1 Å². The number of benzene rings is 1. The van der Waals surface area contributed by atoms with Crippen LogP contribution in [-0.2, 0) is 0 Å². The van der Waals surface area contributed by atoms with Gasteiger partial charge in [0.2, 0.25) is 0 Å². The molecule has 0 aromatic heterocycles. The molecule has 1 aromatic carbocycles. The highest BCUT2D eigenvalue weighted by molar-refractivity contribution is 9.10. The largest absolute Gasteiger partial charge is 0.338 e. The Morgan fingerprint density at radius 3 is 2.95 bits per heavy atom. The summed E-state index contributed by atoms with van der Waals surface area (Å²) in [7, 11) is 0. The quantitative estimate of drug-likeness (QED) is 0.909. The molecule has 0 saturated carbocycles. The number of rotatable bonds is 2. The molecular formula is C15H21BrN2O. The van der Waals surface area contributed by atoms with Gasteiger partial charge in [-0.3, -0.25) is 4.79 Å². The summed E-state index contributed by atoms with van der Waals surface area (Å²) in [6, 6.07) is 5.93. The molecule has 2 N–H and O–H groups in total. The van der Waals surface area contributed by atoms with E-state index >= 15 is 0 Å². The van der Waals surface area contributed by atoms with Crippen molar-refractivity contribution in [1.29, 1.82) is 0 Å². The van der Waals surface area contributed by atoms with Gasteiger partial charge in [-0.2, -0.15) is 0 Å². The average molecular weight is 325 g/mol. The highest BCUT2D eigenvalue weighted by atomic mass is 79.9. The molecule has 0 bridgehead atoms. The summed E-state index contributed by atoms with van der Waals surface area (Å²) in [5, 5.41) is 0. The molecule has 0 unspecified atom stereocenters. The summed E-state index contributed by atoms with van der Waals surface area (Å²) in [5.41, 5.74) is 7.78. The van der Waals surface area contributed by atoms with E-state index in [0.29, 0.717) is 5.92 Å². The maximum atomic E-state index is 12.6. The number of piperidine rings is 1. The van der Waals surface area contributed by atoms with E-state index in [1.165, 1.54) is 0 Å². The van der Waals surface area contributed by atoms with Gasteiger partial charge >= 0.3 is 0 Å². The summed E-state index contributed by atoms with van der Waals surface area (Å²) >= 11 is 3.48. The van der Waals surface area contributed by atoms with Gasteiger partial charge in [0.05, 0.1) is 0 Å². The third-order valence-corrected chi connectivity index (χ3v) is 4.85. The van der Waals surface area contributed by atoms with Crippen molar-refractivity contribution in [3.63, 3.8) is 0 Å². The Kier molecular flexibility index (Phi) is 4.63. The monoisotopic (exact) mass is 324 g/mol. The van der Waals surface area contributed by atoms with Crippen LogP contribution in [-0.4, -0.2) is 29.9 Å². The fourth-order valence-electron chi connectivity index (χ4n) is 2.63. The van der Waals surface area contributed by atoms with Crippen LogP contribution < -0.4 is 5.73 Å². The molecule has 4 heteroatoms. The molecule has 1 aliphatic rings. The first kappa shape index (κ1) is 14.5. The van der Waals surface area contributed by atoms with Gasteiger partial charge < -0.3 is 10.6 Å². The first-order valence-corrected chi connectivity index (χ1v) is 7.60. The minimum atomic E-state index is 0.129. The van der Waals surface area contributed by atoms with Gasteiger partial charge in [-0.15, -0.1) is 0 Å². The Bertz CT molecular complexity index is 473. The third kappa shape index (κ3) is 3.18. The van der Waals surface area contributed by atoms with Crippen LogP contribution in [0.1, 0.15) is 35.7 Å². The van der Waals surface area contributed by atoms with Gasteiger partial charge in [0.15, 0.2) is 0 Å². The van der Waals surface area contributed by atoms with Crippen LogP contribution in [0.2, 0.25) is 0 Å². The van der Waals surface area contributed by atoms with E-state index in [4.69, 9.17) is 5.73 Å². The van der Waals surface area contributed by atoms with Crippen molar-refractivity contribution in [3.05, 3.63) is 33.8 Å². The molecule has 104 valence electrons. The van der Waals surface area contributed by atoms with E-state index in [1.54, 1.807) is 0 Å². The maximum absolute atomic E-state index is 12.6. The molecule has 1 aliphatic heterocycles. The molecule has 1 heterocycles. The molecule has 2 atom stereocenters. The van der Waals surface area contributed by atoms with Crippen LogP contribution in [0.25, 0.3) is 0 Å². The van der Waals surface area contributed by atoms with Crippen molar-refractivity contribution >= 4 is 21.8 Å². The molecule has 1 aromatic rings. The lowest BCUT2D eigenvalue weighted by molar-refractivity contribution is 0.0660. The van der Waals surface area contributed by atoms with Crippen molar-refractivity contribution < 1.29 is 4.79 Å². The molecule has 1 amide bonds. The molecule has 0 aliphatic carbocycles. The fourth-order valence-corrected chi connectivity index (χ4v) is 3.00. The lowest BCUT2D eigenvalue weighted by Gasteiger charge is -2.35. The zero-order valence-electron chi connectivity index (χ0n) is 11.5. The van der Waals surface area contributed by atoms with Crippen LogP contribution in [0.15, 0.2) is 22.7 Å². The number of amides is 1. The van der Waals surface area contributed by atoms with Crippen LogP contribution in [0.4, 0.5) is 0 Å².